The first kappa shape index (κ1) is 14.8. The Bertz CT molecular complexity index is 220. The second-order valence-corrected chi connectivity index (χ2v) is 9.40. The molecule has 0 aromatic carbocycles. The molecule has 0 radical (unpaired) electrons. The zero-order chi connectivity index (χ0) is 11.9. The molecule has 0 aromatic heterocycles. The van der Waals surface area contributed by atoms with Crippen LogP contribution in [-0.2, 0) is 24.5 Å². The lowest BCUT2D eigenvalue weighted by Crippen LogP contribution is -2.37. The van der Waals surface area contributed by atoms with Gasteiger partial charge in [-0.1, -0.05) is 20.8 Å². The van der Waals surface area contributed by atoms with Crippen LogP contribution in [0.1, 0.15) is 20.8 Å². The Kier molecular flexibility index (Phi) is 7.04. The molecule has 0 saturated carbocycles. The van der Waals surface area contributed by atoms with Crippen LogP contribution in [0.4, 0.5) is 0 Å². The molecule has 0 amide bonds. The van der Waals surface area contributed by atoms with Crippen molar-refractivity contribution in [3.8, 4) is 0 Å². The molecule has 0 aliphatic carbocycles. The molecule has 0 aliphatic rings. The van der Waals surface area contributed by atoms with Crippen molar-refractivity contribution in [2.24, 2.45) is 0 Å². The molecule has 0 fully saturated rings. The maximum absolute atomic E-state index is 11.5. The van der Waals surface area contributed by atoms with Crippen molar-refractivity contribution in [2.75, 3.05) is 12.9 Å². The highest BCUT2D eigenvalue weighted by atomic mass is 32.2. The Morgan fingerprint density at radius 3 is 2.00 bits per heavy atom. The van der Waals surface area contributed by atoms with Gasteiger partial charge in [-0.25, -0.2) is 4.21 Å². The van der Waals surface area contributed by atoms with Crippen LogP contribution in [0.5, 0.6) is 0 Å². The van der Waals surface area contributed by atoms with Gasteiger partial charge in [-0.05, 0) is 18.1 Å². The predicted molar refractivity (Wildman–Crippen MR) is 63.3 cm³/mol. The van der Waals surface area contributed by atoms with Crippen molar-refractivity contribution < 1.29 is 17.6 Å². The van der Waals surface area contributed by atoms with Crippen molar-refractivity contribution in [3.05, 3.63) is 0 Å². The fourth-order valence-electron chi connectivity index (χ4n) is 1.31. The molecular weight excluding hydrogens is 232 g/mol. The van der Waals surface area contributed by atoms with Crippen LogP contribution in [0.2, 0.25) is 18.1 Å². The summed E-state index contributed by atoms with van der Waals surface area (Å²) in [6.45, 7) is 6.15. The normalized spacial score (nSPS) is 13.6. The van der Waals surface area contributed by atoms with Crippen LogP contribution in [0.15, 0.2) is 0 Å². The number of carbonyl (C=O) groups is 1. The molecule has 0 heterocycles. The van der Waals surface area contributed by atoms with Crippen molar-refractivity contribution in [1.82, 2.24) is 0 Å². The third kappa shape index (κ3) is 4.90. The van der Waals surface area contributed by atoms with Gasteiger partial charge in [0.15, 0.2) is 11.1 Å². The molecule has 90 valence electrons. The number of carbonyl (C=O) groups excluding carboxylic acids is 1. The first-order chi connectivity index (χ1) is 7.03. The average Bonchev–Trinajstić information content (AvgIpc) is 2.26. The quantitative estimate of drug-likeness (QED) is 0.512. The maximum Gasteiger partial charge on any atom is 0.320 e. The van der Waals surface area contributed by atoms with Gasteiger partial charge in [-0.2, -0.15) is 0 Å². The van der Waals surface area contributed by atoms with Crippen molar-refractivity contribution in [1.29, 1.82) is 0 Å². The first-order valence-electron chi connectivity index (χ1n) is 5.18. The largest absolute Gasteiger partial charge is 0.468 e. The highest BCUT2D eigenvalue weighted by Gasteiger charge is 2.32. The second kappa shape index (κ2) is 7.13. The molecule has 1 atom stereocenters. The minimum atomic E-state index is -1.87. The third-order valence-electron chi connectivity index (χ3n) is 2.67. The lowest BCUT2D eigenvalue weighted by molar-refractivity contribution is -0.137. The zero-order valence-corrected chi connectivity index (χ0v) is 11.7. The standard InChI is InChI=1S/C9H20O4SSi/c1-5-15(6-2,7-3)13-14(11)8-9(10)12-4/h5-8H2,1-4H3. The lowest BCUT2D eigenvalue weighted by atomic mass is 10.8. The van der Waals surface area contributed by atoms with E-state index in [9.17, 15) is 9.00 Å². The lowest BCUT2D eigenvalue weighted by Gasteiger charge is -2.26. The summed E-state index contributed by atoms with van der Waals surface area (Å²) in [4.78, 5) is 10.9. The van der Waals surface area contributed by atoms with Gasteiger partial charge in [0.1, 0.15) is 5.75 Å². The smallest absolute Gasteiger partial charge is 0.320 e. The summed E-state index contributed by atoms with van der Waals surface area (Å²) in [5.74, 6) is -0.648. The zero-order valence-electron chi connectivity index (χ0n) is 9.87. The molecule has 0 aromatic rings. The number of hydrogen-bond donors (Lipinski definition) is 0. The number of esters is 1. The van der Waals surface area contributed by atoms with Crippen molar-refractivity contribution >= 4 is 25.4 Å². The Balaban J connectivity index is 4.29. The maximum atomic E-state index is 11.5. The van der Waals surface area contributed by atoms with Gasteiger partial charge in [-0.3, -0.25) is 4.79 Å². The van der Waals surface area contributed by atoms with Crippen LogP contribution in [0, 0.1) is 0 Å². The van der Waals surface area contributed by atoms with E-state index in [-0.39, 0.29) is 5.75 Å². The second-order valence-electron chi connectivity index (χ2n) is 3.35. The van der Waals surface area contributed by atoms with Crippen LogP contribution in [-0.4, -0.2) is 31.4 Å². The fraction of sp³-hybridized carbons (Fsp3) is 0.889. The predicted octanol–water partition coefficient (Wildman–Crippen LogP) is 1.84. The summed E-state index contributed by atoms with van der Waals surface area (Å²) < 4.78 is 21.5. The Hall–Kier alpha value is -0.203. The van der Waals surface area contributed by atoms with Crippen molar-refractivity contribution in [2.45, 2.75) is 38.9 Å². The average molecular weight is 252 g/mol. The molecule has 0 bridgehead atoms. The molecular formula is C9H20O4SSi. The van der Waals surface area contributed by atoms with Gasteiger partial charge in [0, 0.05) is 0 Å². The van der Waals surface area contributed by atoms with E-state index in [0.29, 0.717) is 0 Å². The van der Waals surface area contributed by atoms with E-state index in [4.69, 9.17) is 3.87 Å². The van der Waals surface area contributed by atoms with Gasteiger partial charge in [0.2, 0.25) is 8.32 Å². The summed E-state index contributed by atoms with van der Waals surface area (Å²) in [5.41, 5.74) is 0. The van der Waals surface area contributed by atoms with E-state index >= 15 is 0 Å². The minimum absolute atomic E-state index is 0.161. The summed E-state index contributed by atoms with van der Waals surface area (Å²) >= 11 is -1.53. The van der Waals surface area contributed by atoms with Gasteiger partial charge >= 0.3 is 5.97 Å². The summed E-state index contributed by atoms with van der Waals surface area (Å²) in [6, 6.07) is 2.77. The van der Waals surface area contributed by atoms with Gasteiger partial charge in [-0.15, -0.1) is 0 Å². The fourth-order valence-corrected chi connectivity index (χ4v) is 6.35. The van der Waals surface area contributed by atoms with E-state index in [1.54, 1.807) is 0 Å². The van der Waals surface area contributed by atoms with Crippen LogP contribution < -0.4 is 0 Å². The minimum Gasteiger partial charge on any atom is -0.468 e. The third-order valence-corrected chi connectivity index (χ3v) is 9.16. The molecule has 6 heteroatoms. The number of ether oxygens (including phenoxy) is 1. The molecule has 15 heavy (non-hydrogen) atoms. The Morgan fingerprint density at radius 2 is 1.67 bits per heavy atom. The van der Waals surface area contributed by atoms with E-state index in [1.165, 1.54) is 7.11 Å². The monoisotopic (exact) mass is 252 g/mol. The molecule has 0 rings (SSSR count). The van der Waals surface area contributed by atoms with E-state index in [0.717, 1.165) is 18.1 Å². The SMILES string of the molecule is CC[Si](CC)(CC)OS(=O)CC(=O)OC. The number of rotatable bonds is 7. The molecule has 4 nitrogen and oxygen atoms in total. The highest BCUT2D eigenvalue weighted by molar-refractivity contribution is 7.82. The Labute approximate surface area is 95.1 Å². The number of hydrogen-bond acceptors (Lipinski definition) is 4. The van der Waals surface area contributed by atoms with E-state index in [2.05, 4.69) is 25.5 Å². The van der Waals surface area contributed by atoms with Crippen LogP contribution >= 0.6 is 0 Å². The molecule has 0 saturated heterocycles. The van der Waals surface area contributed by atoms with Crippen molar-refractivity contribution in [3.63, 3.8) is 0 Å². The molecule has 0 spiro atoms. The van der Waals surface area contributed by atoms with E-state index < -0.39 is 25.4 Å². The van der Waals surface area contributed by atoms with Crippen LogP contribution in [0.25, 0.3) is 0 Å². The van der Waals surface area contributed by atoms with Gasteiger partial charge < -0.3 is 8.61 Å². The molecule has 0 aliphatic heterocycles. The van der Waals surface area contributed by atoms with Crippen LogP contribution in [0.3, 0.4) is 0 Å². The van der Waals surface area contributed by atoms with Gasteiger partial charge in [0.05, 0.1) is 7.11 Å². The molecule has 1 unspecified atom stereocenters. The molecule has 0 N–H and O–H groups in total. The summed E-state index contributed by atoms with van der Waals surface area (Å²) in [5, 5.41) is 0. The topological polar surface area (TPSA) is 52.6 Å². The Morgan fingerprint density at radius 1 is 1.20 bits per heavy atom. The van der Waals surface area contributed by atoms with E-state index in [1.807, 2.05) is 0 Å². The summed E-state index contributed by atoms with van der Waals surface area (Å²) in [6.07, 6.45) is 0. The first-order valence-corrected chi connectivity index (χ1v) is 8.95. The number of methoxy groups -OCH3 is 1. The highest BCUT2D eigenvalue weighted by Crippen LogP contribution is 2.22. The summed E-state index contributed by atoms with van der Waals surface area (Å²) in [7, 11) is -0.587. The van der Waals surface area contributed by atoms with Gasteiger partial charge in [0.25, 0.3) is 0 Å².